The fourth-order valence-corrected chi connectivity index (χ4v) is 1.06. The van der Waals surface area contributed by atoms with Crippen LogP contribution in [0.25, 0.3) is 0 Å². The van der Waals surface area contributed by atoms with Crippen LogP contribution < -0.4 is 5.73 Å². The lowest BCUT2D eigenvalue weighted by atomic mass is 10.1. The van der Waals surface area contributed by atoms with Gasteiger partial charge < -0.3 is 15.6 Å². The van der Waals surface area contributed by atoms with E-state index in [1.165, 1.54) is 0 Å². The zero-order valence-corrected chi connectivity index (χ0v) is 8.82. The minimum Gasteiger partial charge on any atom is -0.399 e. The molecule has 3 heteroatoms. The molecule has 0 aliphatic carbocycles. The van der Waals surface area contributed by atoms with Crippen molar-refractivity contribution in [3.05, 3.63) is 29.8 Å². The molecule has 1 atom stereocenters. The molecule has 0 bridgehead atoms. The van der Waals surface area contributed by atoms with Gasteiger partial charge in [0.1, 0.15) is 0 Å². The molecule has 0 saturated carbocycles. The number of ether oxygens (including phenoxy) is 1. The number of rotatable bonds is 2. The number of aliphatic hydroxyl groups is 1. The summed E-state index contributed by atoms with van der Waals surface area (Å²) >= 11 is 0. The maximum absolute atomic E-state index is 9.68. The Labute approximate surface area is 84.5 Å². The Hall–Kier alpha value is -1.06. The van der Waals surface area contributed by atoms with Gasteiger partial charge in [-0.15, -0.1) is 0 Å². The third-order valence-electron chi connectivity index (χ3n) is 1.69. The zero-order valence-electron chi connectivity index (χ0n) is 8.82. The van der Waals surface area contributed by atoms with E-state index < -0.39 is 6.29 Å². The number of nitrogens with two attached hydrogens (primary N) is 1. The maximum Gasteiger partial charge on any atom is 0.181 e. The summed E-state index contributed by atoms with van der Waals surface area (Å²) in [5.41, 5.74) is 6.57. The van der Waals surface area contributed by atoms with Crippen LogP contribution in [-0.2, 0) is 4.74 Å². The van der Waals surface area contributed by atoms with Crippen molar-refractivity contribution < 1.29 is 9.84 Å². The molecular formula is C11H17NO2. The van der Waals surface area contributed by atoms with Crippen LogP contribution in [0, 0.1) is 0 Å². The van der Waals surface area contributed by atoms with E-state index >= 15 is 0 Å². The van der Waals surface area contributed by atoms with Gasteiger partial charge in [-0.2, -0.15) is 0 Å². The summed E-state index contributed by atoms with van der Waals surface area (Å²) in [5, 5.41) is 9.68. The number of aliphatic hydroxyl groups excluding tert-OH is 1. The highest BCUT2D eigenvalue weighted by Gasteiger charge is 2.17. The normalized spacial score (nSPS) is 14.0. The highest BCUT2D eigenvalue weighted by Crippen LogP contribution is 2.21. The molecule has 14 heavy (non-hydrogen) atoms. The number of benzene rings is 1. The first-order valence-electron chi connectivity index (χ1n) is 4.60. The quantitative estimate of drug-likeness (QED) is 0.561. The minimum atomic E-state index is -0.893. The van der Waals surface area contributed by atoms with Gasteiger partial charge in [0.15, 0.2) is 6.29 Å². The Morgan fingerprint density at radius 1 is 1.21 bits per heavy atom. The van der Waals surface area contributed by atoms with Gasteiger partial charge in [-0.25, -0.2) is 0 Å². The summed E-state index contributed by atoms with van der Waals surface area (Å²) in [4.78, 5) is 0. The Morgan fingerprint density at radius 3 is 2.14 bits per heavy atom. The molecule has 78 valence electrons. The lowest BCUT2D eigenvalue weighted by molar-refractivity contribution is -0.169. The first-order valence-corrected chi connectivity index (χ1v) is 4.60. The van der Waals surface area contributed by atoms with Crippen LogP contribution in [-0.4, -0.2) is 10.7 Å². The van der Waals surface area contributed by atoms with Crippen molar-refractivity contribution in [1.29, 1.82) is 0 Å². The predicted octanol–water partition coefficient (Wildman–Crippen LogP) is 2.07. The van der Waals surface area contributed by atoms with Crippen molar-refractivity contribution in [3.63, 3.8) is 0 Å². The maximum atomic E-state index is 9.68. The van der Waals surface area contributed by atoms with E-state index in [2.05, 4.69) is 0 Å². The van der Waals surface area contributed by atoms with E-state index in [0.717, 1.165) is 0 Å². The topological polar surface area (TPSA) is 55.5 Å². The molecule has 0 radical (unpaired) electrons. The smallest absolute Gasteiger partial charge is 0.181 e. The summed E-state index contributed by atoms with van der Waals surface area (Å²) in [6, 6.07) is 6.99. The summed E-state index contributed by atoms with van der Waals surface area (Å²) < 4.78 is 5.38. The Kier molecular flexibility index (Phi) is 3.13. The van der Waals surface area contributed by atoms with E-state index in [9.17, 15) is 5.11 Å². The third kappa shape index (κ3) is 3.36. The van der Waals surface area contributed by atoms with E-state index in [1.54, 1.807) is 24.3 Å². The van der Waals surface area contributed by atoms with E-state index in [4.69, 9.17) is 10.5 Å². The molecule has 0 aliphatic heterocycles. The monoisotopic (exact) mass is 195 g/mol. The zero-order chi connectivity index (χ0) is 10.8. The second kappa shape index (κ2) is 3.98. The number of hydrogen-bond donors (Lipinski definition) is 2. The average molecular weight is 195 g/mol. The van der Waals surface area contributed by atoms with Crippen LogP contribution in [0.2, 0.25) is 0 Å². The van der Waals surface area contributed by atoms with Gasteiger partial charge >= 0.3 is 0 Å². The molecule has 0 aromatic heterocycles. The Balaban J connectivity index is 2.70. The van der Waals surface area contributed by atoms with Gasteiger partial charge in [0.25, 0.3) is 0 Å². The van der Waals surface area contributed by atoms with Crippen LogP contribution in [0.3, 0.4) is 0 Å². The van der Waals surface area contributed by atoms with Gasteiger partial charge in [0, 0.05) is 11.3 Å². The van der Waals surface area contributed by atoms with Gasteiger partial charge in [0.05, 0.1) is 5.60 Å². The molecule has 1 aromatic rings. The lowest BCUT2D eigenvalue weighted by Crippen LogP contribution is -2.22. The van der Waals surface area contributed by atoms with Crippen LogP contribution in [0.1, 0.15) is 32.6 Å². The SMILES string of the molecule is CC(C)(C)OC(O)c1ccc(N)cc1. The summed E-state index contributed by atoms with van der Waals surface area (Å²) in [6.07, 6.45) is -0.893. The van der Waals surface area contributed by atoms with Gasteiger partial charge in [0.2, 0.25) is 0 Å². The highest BCUT2D eigenvalue weighted by molar-refractivity contribution is 5.39. The molecule has 3 N–H and O–H groups in total. The first-order chi connectivity index (χ1) is 6.38. The van der Waals surface area contributed by atoms with E-state index in [0.29, 0.717) is 11.3 Å². The molecule has 0 spiro atoms. The van der Waals surface area contributed by atoms with Gasteiger partial charge in [-0.3, -0.25) is 0 Å². The largest absolute Gasteiger partial charge is 0.399 e. The van der Waals surface area contributed by atoms with Crippen LogP contribution >= 0.6 is 0 Å². The van der Waals surface area contributed by atoms with Crippen LogP contribution in [0.4, 0.5) is 5.69 Å². The molecule has 1 unspecified atom stereocenters. The molecule has 1 rings (SSSR count). The minimum absolute atomic E-state index is 0.360. The summed E-state index contributed by atoms with van der Waals surface area (Å²) in [6.45, 7) is 5.69. The number of anilines is 1. The van der Waals surface area contributed by atoms with Crippen molar-refractivity contribution in [3.8, 4) is 0 Å². The highest BCUT2D eigenvalue weighted by atomic mass is 16.6. The van der Waals surface area contributed by atoms with Crippen molar-refractivity contribution in [1.82, 2.24) is 0 Å². The van der Waals surface area contributed by atoms with Crippen LogP contribution in [0.5, 0.6) is 0 Å². The summed E-state index contributed by atoms with van der Waals surface area (Å²) in [5.74, 6) is 0. The second-order valence-electron chi connectivity index (χ2n) is 4.25. The fraction of sp³-hybridized carbons (Fsp3) is 0.455. The van der Waals surface area contributed by atoms with Crippen molar-refractivity contribution >= 4 is 5.69 Å². The predicted molar refractivity (Wildman–Crippen MR) is 56.7 cm³/mol. The van der Waals surface area contributed by atoms with Crippen molar-refractivity contribution in [2.24, 2.45) is 0 Å². The fourth-order valence-electron chi connectivity index (χ4n) is 1.06. The van der Waals surface area contributed by atoms with Crippen molar-refractivity contribution in [2.75, 3.05) is 5.73 Å². The number of nitrogen functional groups attached to an aromatic ring is 1. The Morgan fingerprint density at radius 2 is 1.71 bits per heavy atom. The first kappa shape index (κ1) is 11.0. The Bertz CT molecular complexity index is 287. The second-order valence-corrected chi connectivity index (χ2v) is 4.25. The van der Waals surface area contributed by atoms with E-state index in [-0.39, 0.29) is 5.60 Å². The molecule has 0 saturated heterocycles. The molecule has 0 heterocycles. The number of hydrogen-bond acceptors (Lipinski definition) is 3. The molecule has 1 aromatic carbocycles. The van der Waals surface area contributed by atoms with Crippen LogP contribution in [0.15, 0.2) is 24.3 Å². The third-order valence-corrected chi connectivity index (χ3v) is 1.69. The molecule has 0 fully saturated rings. The molecule has 0 amide bonds. The lowest BCUT2D eigenvalue weighted by Gasteiger charge is -2.24. The van der Waals surface area contributed by atoms with Gasteiger partial charge in [-0.1, -0.05) is 12.1 Å². The molecular weight excluding hydrogens is 178 g/mol. The van der Waals surface area contributed by atoms with E-state index in [1.807, 2.05) is 20.8 Å². The standard InChI is InChI=1S/C11H17NO2/c1-11(2,3)14-10(13)8-4-6-9(12)7-5-8/h4-7,10,13H,12H2,1-3H3. The van der Waals surface area contributed by atoms with Gasteiger partial charge in [-0.05, 0) is 32.9 Å². The molecule has 3 nitrogen and oxygen atoms in total. The summed E-state index contributed by atoms with van der Waals surface area (Å²) in [7, 11) is 0. The molecule has 0 aliphatic rings. The average Bonchev–Trinajstić information content (AvgIpc) is 2.02. The van der Waals surface area contributed by atoms with Crippen molar-refractivity contribution in [2.45, 2.75) is 32.7 Å².